The molecule has 1 amide bonds. The Hall–Kier alpha value is -2.12. The molecule has 1 N–H and O–H groups in total. The summed E-state index contributed by atoms with van der Waals surface area (Å²) in [6.07, 6.45) is 0. The summed E-state index contributed by atoms with van der Waals surface area (Å²) in [7, 11) is 0. The van der Waals surface area contributed by atoms with Crippen molar-refractivity contribution < 1.29 is 4.79 Å². The first-order chi connectivity index (χ1) is 12.6. The van der Waals surface area contributed by atoms with Crippen LogP contribution in [0.2, 0.25) is 0 Å². The normalized spacial score (nSPS) is 10.7. The van der Waals surface area contributed by atoms with E-state index in [1.807, 2.05) is 66.9 Å². The third kappa shape index (κ3) is 4.34. The van der Waals surface area contributed by atoms with Gasteiger partial charge in [0.15, 0.2) is 11.0 Å². The van der Waals surface area contributed by atoms with Crippen LogP contribution in [0.4, 0.5) is 5.69 Å². The van der Waals surface area contributed by atoms with Crippen molar-refractivity contribution in [3.63, 3.8) is 0 Å². The summed E-state index contributed by atoms with van der Waals surface area (Å²) in [5.74, 6) is 1.01. The van der Waals surface area contributed by atoms with Gasteiger partial charge in [-0.15, -0.1) is 10.2 Å². The van der Waals surface area contributed by atoms with Crippen LogP contribution in [0.1, 0.15) is 12.5 Å². The number of thioether (sulfide) groups is 1. The average molecular weight is 431 g/mol. The van der Waals surface area contributed by atoms with Crippen molar-refractivity contribution in [2.45, 2.75) is 25.5 Å². The number of aromatic nitrogens is 3. The number of nitrogens with zero attached hydrogens (tertiary/aromatic N) is 3. The van der Waals surface area contributed by atoms with Gasteiger partial charge in [-0.3, -0.25) is 4.79 Å². The monoisotopic (exact) mass is 430 g/mol. The largest absolute Gasteiger partial charge is 0.325 e. The highest BCUT2D eigenvalue weighted by Gasteiger charge is 2.16. The van der Waals surface area contributed by atoms with Crippen molar-refractivity contribution in [2.24, 2.45) is 0 Å². The zero-order chi connectivity index (χ0) is 18.5. The Morgan fingerprint density at radius 2 is 1.88 bits per heavy atom. The Morgan fingerprint density at radius 3 is 2.58 bits per heavy atom. The maximum absolute atomic E-state index is 12.2. The Bertz CT molecular complexity index is 908. The van der Waals surface area contributed by atoms with E-state index in [0.717, 1.165) is 38.8 Å². The van der Waals surface area contributed by atoms with Crippen molar-refractivity contribution in [3.8, 4) is 11.4 Å². The zero-order valence-electron chi connectivity index (χ0n) is 14.6. The number of hydrogen-bond acceptors (Lipinski definition) is 4. The van der Waals surface area contributed by atoms with Crippen LogP contribution in [-0.2, 0) is 11.3 Å². The second-order valence-corrected chi connectivity index (χ2v) is 7.53. The maximum Gasteiger partial charge on any atom is 0.234 e. The molecule has 134 valence electrons. The molecule has 5 nitrogen and oxygen atoms in total. The van der Waals surface area contributed by atoms with Crippen LogP contribution in [0, 0.1) is 6.92 Å². The highest BCUT2D eigenvalue weighted by Crippen LogP contribution is 2.29. The van der Waals surface area contributed by atoms with Crippen LogP contribution in [0.25, 0.3) is 11.4 Å². The van der Waals surface area contributed by atoms with Crippen molar-refractivity contribution in [1.82, 2.24) is 14.8 Å². The second kappa shape index (κ2) is 8.51. The van der Waals surface area contributed by atoms with E-state index in [4.69, 9.17) is 0 Å². The smallest absolute Gasteiger partial charge is 0.234 e. The summed E-state index contributed by atoms with van der Waals surface area (Å²) in [5.41, 5.74) is 2.94. The highest BCUT2D eigenvalue weighted by molar-refractivity contribution is 9.10. The standard InChI is InChI=1S/C19H19BrN4OS/c1-3-24-18(15-6-4-5-7-16(15)20)22-23-19(24)26-12-17(25)21-14-10-8-13(2)9-11-14/h4-11H,3,12H2,1-2H3,(H,21,25). The van der Waals surface area contributed by atoms with E-state index in [2.05, 4.69) is 31.4 Å². The lowest BCUT2D eigenvalue weighted by Crippen LogP contribution is -2.14. The van der Waals surface area contributed by atoms with Gasteiger partial charge >= 0.3 is 0 Å². The topological polar surface area (TPSA) is 59.8 Å². The summed E-state index contributed by atoms with van der Waals surface area (Å²) in [4.78, 5) is 12.2. The lowest BCUT2D eigenvalue weighted by molar-refractivity contribution is -0.113. The molecule has 1 heterocycles. The van der Waals surface area contributed by atoms with Crippen LogP contribution in [0.15, 0.2) is 58.2 Å². The number of amides is 1. The molecule has 0 unspecified atom stereocenters. The van der Waals surface area contributed by atoms with Crippen LogP contribution >= 0.6 is 27.7 Å². The number of halogens is 1. The van der Waals surface area contributed by atoms with Gasteiger partial charge < -0.3 is 9.88 Å². The molecule has 0 saturated carbocycles. The van der Waals surface area contributed by atoms with Gasteiger partial charge in [0.05, 0.1) is 5.75 Å². The molecule has 3 rings (SSSR count). The number of rotatable bonds is 6. The van der Waals surface area contributed by atoms with Gasteiger partial charge in [0, 0.05) is 22.3 Å². The number of carbonyl (C=O) groups is 1. The number of carbonyl (C=O) groups excluding carboxylic acids is 1. The third-order valence-corrected chi connectivity index (χ3v) is 5.47. The molecule has 1 aromatic heterocycles. The van der Waals surface area contributed by atoms with Gasteiger partial charge in [-0.05, 0) is 32.0 Å². The fraction of sp³-hybridized carbons (Fsp3) is 0.211. The van der Waals surface area contributed by atoms with Gasteiger partial charge in [-0.25, -0.2) is 0 Å². The first-order valence-corrected chi connectivity index (χ1v) is 10.0. The molecule has 0 aliphatic heterocycles. The number of anilines is 1. The number of benzene rings is 2. The summed E-state index contributed by atoms with van der Waals surface area (Å²) >= 11 is 4.94. The van der Waals surface area contributed by atoms with Gasteiger partial charge in [0.2, 0.25) is 5.91 Å². The van der Waals surface area contributed by atoms with Crippen molar-refractivity contribution in [2.75, 3.05) is 11.1 Å². The molecule has 7 heteroatoms. The fourth-order valence-electron chi connectivity index (χ4n) is 2.49. The predicted molar refractivity (Wildman–Crippen MR) is 109 cm³/mol. The van der Waals surface area contributed by atoms with E-state index in [1.165, 1.54) is 11.8 Å². The molecule has 0 bridgehead atoms. The first kappa shape index (κ1) is 18.7. The minimum Gasteiger partial charge on any atom is -0.325 e. The molecule has 3 aromatic rings. The molecule has 2 aromatic carbocycles. The van der Waals surface area contributed by atoms with E-state index >= 15 is 0 Å². The average Bonchev–Trinajstić information content (AvgIpc) is 3.05. The summed E-state index contributed by atoms with van der Waals surface area (Å²) in [6.45, 7) is 4.79. The van der Waals surface area contributed by atoms with Crippen molar-refractivity contribution >= 4 is 39.3 Å². The van der Waals surface area contributed by atoms with Gasteiger partial charge in [0.25, 0.3) is 0 Å². The molecule has 0 aliphatic carbocycles. The second-order valence-electron chi connectivity index (χ2n) is 5.73. The van der Waals surface area contributed by atoms with E-state index < -0.39 is 0 Å². The molecule has 0 fully saturated rings. The SMILES string of the molecule is CCn1c(SCC(=O)Nc2ccc(C)cc2)nnc1-c1ccccc1Br. The van der Waals surface area contributed by atoms with Crippen LogP contribution < -0.4 is 5.32 Å². The quantitative estimate of drug-likeness (QED) is 0.572. The molecule has 0 radical (unpaired) electrons. The van der Waals surface area contributed by atoms with Crippen LogP contribution in [-0.4, -0.2) is 26.4 Å². The summed E-state index contributed by atoms with van der Waals surface area (Å²) in [5, 5.41) is 12.2. The van der Waals surface area contributed by atoms with E-state index in [1.54, 1.807) is 0 Å². The molecule has 26 heavy (non-hydrogen) atoms. The molecule has 0 saturated heterocycles. The van der Waals surface area contributed by atoms with Crippen molar-refractivity contribution in [1.29, 1.82) is 0 Å². The Kier molecular flexibility index (Phi) is 6.11. The molecular weight excluding hydrogens is 412 g/mol. The van der Waals surface area contributed by atoms with Gasteiger partial charge in [0.1, 0.15) is 0 Å². The van der Waals surface area contributed by atoms with E-state index in [-0.39, 0.29) is 11.7 Å². The van der Waals surface area contributed by atoms with Gasteiger partial charge in [-0.1, -0.05) is 63.6 Å². The maximum atomic E-state index is 12.2. The summed E-state index contributed by atoms with van der Waals surface area (Å²) in [6, 6.07) is 15.7. The number of hydrogen-bond donors (Lipinski definition) is 1. The Labute approximate surface area is 165 Å². The number of nitrogens with one attached hydrogen (secondary N) is 1. The highest BCUT2D eigenvalue weighted by atomic mass is 79.9. The fourth-order valence-corrected chi connectivity index (χ4v) is 3.75. The Morgan fingerprint density at radius 1 is 1.15 bits per heavy atom. The minimum atomic E-state index is -0.0630. The van der Waals surface area contributed by atoms with Crippen molar-refractivity contribution in [3.05, 3.63) is 58.6 Å². The third-order valence-electron chi connectivity index (χ3n) is 3.82. The van der Waals surface area contributed by atoms with Crippen LogP contribution in [0.3, 0.4) is 0 Å². The molecular formula is C19H19BrN4OS. The number of aryl methyl sites for hydroxylation is 1. The molecule has 0 atom stereocenters. The summed E-state index contributed by atoms with van der Waals surface area (Å²) < 4.78 is 2.99. The van der Waals surface area contributed by atoms with Gasteiger partial charge in [-0.2, -0.15) is 0 Å². The predicted octanol–water partition coefficient (Wildman–Crippen LogP) is 4.77. The lowest BCUT2D eigenvalue weighted by Gasteiger charge is -2.09. The molecule has 0 aliphatic rings. The lowest BCUT2D eigenvalue weighted by atomic mass is 10.2. The van der Waals surface area contributed by atoms with Crippen LogP contribution in [0.5, 0.6) is 0 Å². The van der Waals surface area contributed by atoms with E-state index in [9.17, 15) is 4.79 Å². The Balaban J connectivity index is 1.69. The van der Waals surface area contributed by atoms with E-state index in [0.29, 0.717) is 0 Å². The zero-order valence-corrected chi connectivity index (χ0v) is 17.0. The minimum absolute atomic E-state index is 0.0630. The first-order valence-electron chi connectivity index (χ1n) is 8.26. The molecule has 0 spiro atoms.